The Hall–Kier alpha value is -2.08. The molecule has 0 saturated heterocycles. The minimum Gasteiger partial charge on any atom is -0.497 e. The first-order valence-electron chi connectivity index (χ1n) is 6.32. The van der Waals surface area contributed by atoms with Gasteiger partial charge in [-0.25, -0.2) is 0 Å². The number of nitrogens with one attached hydrogen (secondary N) is 1. The first kappa shape index (κ1) is 16.0. The van der Waals surface area contributed by atoms with Gasteiger partial charge in [0.25, 0.3) is 0 Å². The van der Waals surface area contributed by atoms with Crippen LogP contribution in [0.1, 0.15) is 6.92 Å². The number of nitrogens with zero attached hydrogens (tertiary/aromatic N) is 1. The van der Waals surface area contributed by atoms with Crippen molar-refractivity contribution in [2.75, 3.05) is 39.2 Å². The minimum absolute atomic E-state index is 0.0958. The molecular formula is C14H20N2O4. The molecule has 0 spiro atoms. The summed E-state index contributed by atoms with van der Waals surface area (Å²) in [7, 11) is 2.89. The van der Waals surface area contributed by atoms with Crippen molar-refractivity contribution in [3.8, 4) is 5.75 Å². The number of methoxy groups -OCH3 is 2. The third-order valence-corrected chi connectivity index (χ3v) is 2.75. The van der Waals surface area contributed by atoms with E-state index in [2.05, 4.69) is 10.1 Å². The highest BCUT2D eigenvalue weighted by Gasteiger charge is 2.13. The predicted octanol–water partition coefficient (Wildman–Crippen LogP) is 1.13. The van der Waals surface area contributed by atoms with Crippen LogP contribution in [-0.4, -0.2) is 50.6 Å². The van der Waals surface area contributed by atoms with Gasteiger partial charge in [-0.3, -0.25) is 14.5 Å². The number of benzene rings is 1. The Morgan fingerprint density at radius 3 is 2.60 bits per heavy atom. The third kappa shape index (κ3) is 5.27. The summed E-state index contributed by atoms with van der Waals surface area (Å²) in [5.74, 6) is 0.120. The lowest BCUT2D eigenvalue weighted by atomic mass is 10.3. The molecule has 1 amide bonds. The van der Waals surface area contributed by atoms with Gasteiger partial charge in [0.1, 0.15) is 5.75 Å². The highest BCUT2D eigenvalue weighted by Crippen LogP contribution is 2.16. The molecule has 0 fully saturated rings. The van der Waals surface area contributed by atoms with Gasteiger partial charge in [-0.2, -0.15) is 0 Å². The Bertz CT molecular complexity index is 462. The highest BCUT2D eigenvalue weighted by atomic mass is 16.5. The van der Waals surface area contributed by atoms with Crippen LogP contribution in [0.3, 0.4) is 0 Å². The summed E-state index contributed by atoms with van der Waals surface area (Å²) in [6.07, 6.45) is 0. The summed E-state index contributed by atoms with van der Waals surface area (Å²) >= 11 is 0. The van der Waals surface area contributed by atoms with Gasteiger partial charge in [0, 0.05) is 11.8 Å². The highest BCUT2D eigenvalue weighted by molar-refractivity contribution is 5.92. The van der Waals surface area contributed by atoms with Gasteiger partial charge < -0.3 is 14.8 Å². The van der Waals surface area contributed by atoms with Crippen molar-refractivity contribution in [1.82, 2.24) is 4.90 Å². The van der Waals surface area contributed by atoms with Gasteiger partial charge in [0.2, 0.25) is 5.91 Å². The van der Waals surface area contributed by atoms with Crippen molar-refractivity contribution in [2.45, 2.75) is 6.92 Å². The van der Waals surface area contributed by atoms with E-state index in [1.807, 2.05) is 6.92 Å². The largest absolute Gasteiger partial charge is 0.497 e. The minimum atomic E-state index is -0.360. The Morgan fingerprint density at radius 2 is 2.00 bits per heavy atom. The molecule has 0 bridgehead atoms. The number of ether oxygens (including phenoxy) is 2. The summed E-state index contributed by atoms with van der Waals surface area (Å²) in [6.45, 7) is 2.68. The number of hydrogen-bond donors (Lipinski definition) is 1. The zero-order chi connectivity index (χ0) is 15.0. The number of rotatable bonds is 7. The van der Waals surface area contributed by atoms with E-state index in [0.717, 1.165) is 0 Å². The molecule has 0 radical (unpaired) electrons. The summed E-state index contributed by atoms with van der Waals surface area (Å²) in [4.78, 5) is 24.8. The van der Waals surface area contributed by atoms with Gasteiger partial charge >= 0.3 is 5.97 Å². The molecule has 0 saturated carbocycles. The molecule has 110 valence electrons. The Labute approximate surface area is 118 Å². The Kier molecular flexibility index (Phi) is 6.52. The smallest absolute Gasteiger partial charge is 0.319 e. The maximum Gasteiger partial charge on any atom is 0.319 e. The van der Waals surface area contributed by atoms with Crippen LogP contribution >= 0.6 is 0 Å². The van der Waals surface area contributed by atoms with Crippen molar-refractivity contribution >= 4 is 17.6 Å². The number of anilines is 1. The third-order valence-electron chi connectivity index (χ3n) is 2.75. The topological polar surface area (TPSA) is 67.9 Å². The molecule has 0 aromatic heterocycles. The van der Waals surface area contributed by atoms with Crippen LogP contribution in [-0.2, 0) is 14.3 Å². The second-order valence-electron chi connectivity index (χ2n) is 4.16. The molecule has 0 heterocycles. The van der Waals surface area contributed by atoms with Crippen molar-refractivity contribution < 1.29 is 19.1 Å². The van der Waals surface area contributed by atoms with Gasteiger partial charge in [0.15, 0.2) is 0 Å². The zero-order valence-corrected chi connectivity index (χ0v) is 12.0. The summed E-state index contributed by atoms with van der Waals surface area (Å²) in [6, 6.07) is 7.09. The molecular weight excluding hydrogens is 260 g/mol. The van der Waals surface area contributed by atoms with Gasteiger partial charge in [0.05, 0.1) is 27.3 Å². The quantitative estimate of drug-likeness (QED) is 0.758. The number of esters is 1. The van der Waals surface area contributed by atoms with E-state index in [1.165, 1.54) is 7.11 Å². The summed E-state index contributed by atoms with van der Waals surface area (Å²) in [5.41, 5.74) is 0.656. The Morgan fingerprint density at radius 1 is 1.25 bits per heavy atom. The average molecular weight is 280 g/mol. The first-order chi connectivity index (χ1) is 9.58. The van der Waals surface area contributed by atoms with Crippen molar-refractivity contribution in [3.05, 3.63) is 24.3 Å². The number of carbonyl (C=O) groups excluding carboxylic acids is 2. The number of carbonyl (C=O) groups is 2. The Balaban J connectivity index is 2.54. The fourth-order valence-corrected chi connectivity index (χ4v) is 1.63. The van der Waals surface area contributed by atoms with Crippen LogP contribution in [0.15, 0.2) is 24.3 Å². The molecule has 0 atom stereocenters. The molecule has 1 aromatic rings. The lowest BCUT2D eigenvalue weighted by Gasteiger charge is -2.18. The fourth-order valence-electron chi connectivity index (χ4n) is 1.63. The maximum absolute atomic E-state index is 11.9. The lowest BCUT2D eigenvalue weighted by molar-refractivity contribution is -0.142. The summed E-state index contributed by atoms with van der Waals surface area (Å²) < 4.78 is 9.67. The standard InChI is InChI=1S/C14H20N2O4/c1-4-16(10-14(18)20-3)9-13(17)15-11-6-5-7-12(8-11)19-2/h5-8H,4,9-10H2,1-3H3,(H,15,17). The molecule has 1 aromatic carbocycles. The van der Waals surface area contributed by atoms with Gasteiger partial charge in [-0.05, 0) is 18.7 Å². The van der Waals surface area contributed by atoms with E-state index in [9.17, 15) is 9.59 Å². The van der Waals surface area contributed by atoms with E-state index in [0.29, 0.717) is 18.0 Å². The second-order valence-corrected chi connectivity index (χ2v) is 4.16. The summed E-state index contributed by atoms with van der Waals surface area (Å²) in [5, 5.41) is 2.76. The molecule has 1 rings (SSSR count). The van der Waals surface area contributed by atoms with Crippen LogP contribution in [0.2, 0.25) is 0 Å². The maximum atomic E-state index is 11.9. The van der Waals surface area contributed by atoms with Gasteiger partial charge in [-0.1, -0.05) is 13.0 Å². The molecule has 1 N–H and O–H groups in total. The molecule has 0 aliphatic heterocycles. The predicted molar refractivity (Wildman–Crippen MR) is 75.8 cm³/mol. The molecule has 6 heteroatoms. The SMILES string of the molecule is CCN(CC(=O)Nc1cccc(OC)c1)CC(=O)OC. The van der Waals surface area contributed by atoms with Gasteiger partial charge in [-0.15, -0.1) is 0 Å². The van der Waals surface area contributed by atoms with E-state index in [4.69, 9.17) is 4.74 Å². The van der Waals surface area contributed by atoms with Crippen molar-refractivity contribution in [2.24, 2.45) is 0 Å². The van der Waals surface area contributed by atoms with Crippen molar-refractivity contribution in [1.29, 1.82) is 0 Å². The fraction of sp³-hybridized carbons (Fsp3) is 0.429. The second kappa shape index (κ2) is 8.16. The number of amides is 1. The van der Waals surface area contributed by atoms with E-state index >= 15 is 0 Å². The molecule has 0 aliphatic carbocycles. The van der Waals surface area contributed by atoms with Crippen LogP contribution in [0.4, 0.5) is 5.69 Å². The zero-order valence-electron chi connectivity index (χ0n) is 12.0. The molecule has 6 nitrogen and oxygen atoms in total. The van der Waals surface area contributed by atoms with Crippen LogP contribution in [0, 0.1) is 0 Å². The van der Waals surface area contributed by atoms with E-state index in [1.54, 1.807) is 36.3 Å². The van der Waals surface area contributed by atoms with Crippen LogP contribution < -0.4 is 10.1 Å². The van der Waals surface area contributed by atoms with E-state index in [-0.39, 0.29) is 25.0 Å². The number of hydrogen-bond acceptors (Lipinski definition) is 5. The lowest BCUT2D eigenvalue weighted by Crippen LogP contribution is -2.37. The van der Waals surface area contributed by atoms with Crippen LogP contribution in [0.5, 0.6) is 5.75 Å². The van der Waals surface area contributed by atoms with E-state index < -0.39 is 0 Å². The van der Waals surface area contributed by atoms with Crippen molar-refractivity contribution in [3.63, 3.8) is 0 Å². The van der Waals surface area contributed by atoms with Crippen LogP contribution in [0.25, 0.3) is 0 Å². The monoisotopic (exact) mass is 280 g/mol. The first-order valence-corrected chi connectivity index (χ1v) is 6.32. The normalized spacial score (nSPS) is 10.2. The molecule has 0 aliphatic rings. The molecule has 0 unspecified atom stereocenters. The average Bonchev–Trinajstić information content (AvgIpc) is 2.46. The number of likely N-dealkylation sites (N-methyl/N-ethyl adjacent to an activating group) is 1. The molecule has 20 heavy (non-hydrogen) atoms.